The highest BCUT2D eigenvalue weighted by Gasteiger charge is 2.20. The lowest BCUT2D eigenvalue weighted by Crippen LogP contribution is -2.28. The van der Waals surface area contributed by atoms with Crippen molar-refractivity contribution in [2.24, 2.45) is 0 Å². The van der Waals surface area contributed by atoms with Crippen molar-refractivity contribution in [1.29, 1.82) is 0 Å². The first kappa shape index (κ1) is 14.3. The average molecular weight is 307 g/mol. The van der Waals surface area contributed by atoms with Gasteiger partial charge >= 0.3 is 0 Å². The molecule has 0 aromatic carbocycles. The molecule has 0 spiro atoms. The molecule has 112 valence electrons. The van der Waals surface area contributed by atoms with Gasteiger partial charge in [-0.25, -0.2) is 4.98 Å². The van der Waals surface area contributed by atoms with Gasteiger partial charge < -0.3 is 9.47 Å². The standard InChI is InChI=1S/C15H19ClN4O/c1-11(16)15-18-12-10-17-6-4-13(12)20(15)9-5-14(21)19-7-2-3-8-19/h4,6,10-11H,2-3,5,7-9H2,1H3. The molecule has 3 rings (SSSR count). The van der Waals surface area contributed by atoms with Crippen LogP contribution in [0.15, 0.2) is 18.5 Å². The van der Waals surface area contributed by atoms with E-state index in [1.165, 1.54) is 0 Å². The summed E-state index contributed by atoms with van der Waals surface area (Å²) in [4.78, 5) is 22.8. The number of aryl methyl sites for hydroxylation is 1. The Morgan fingerprint density at radius 3 is 2.90 bits per heavy atom. The highest BCUT2D eigenvalue weighted by atomic mass is 35.5. The molecule has 0 aliphatic carbocycles. The summed E-state index contributed by atoms with van der Waals surface area (Å²) in [7, 11) is 0. The third-order valence-electron chi connectivity index (χ3n) is 3.94. The van der Waals surface area contributed by atoms with Crippen LogP contribution >= 0.6 is 11.6 Å². The van der Waals surface area contributed by atoms with Gasteiger partial charge in [0.15, 0.2) is 0 Å². The lowest BCUT2D eigenvalue weighted by atomic mass is 10.3. The van der Waals surface area contributed by atoms with Crippen LogP contribution in [0.2, 0.25) is 0 Å². The number of aromatic nitrogens is 3. The smallest absolute Gasteiger partial charge is 0.224 e. The van der Waals surface area contributed by atoms with Crippen LogP contribution in [0.25, 0.3) is 11.0 Å². The maximum atomic E-state index is 12.2. The molecule has 1 saturated heterocycles. The maximum Gasteiger partial charge on any atom is 0.224 e. The lowest BCUT2D eigenvalue weighted by molar-refractivity contribution is -0.130. The van der Waals surface area contributed by atoms with Crippen molar-refractivity contribution >= 4 is 28.5 Å². The Labute approximate surface area is 128 Å². The quantitative estimate of drug-likeness (QED) is 0.816. The molecule has 2 aromatic heterocycles. The van der Waals surface area contributed by atoms with E-state index in [4.69, 9.17) is 11.6 Å². The lowest BCUT2D eigenvalue weighted by Gasteiger charge is -2.16. The van der Waals surface area contributed by atoms with Gasteiger partial charge in [0.1, 0.15) is 11.3 Å². The largest absolute Gasteiger partial charge is 0.343 e. The number of hydrogen-bond acceptors (Lipinski definition) is 3. The Hall–Kier alpha value is -1.62. The molecule has 1 amide bonds. The summed E-state index contributed by atoms with van der Waals surface area (Å²) >= 11 is 6.22. The average Bonchev–Trinajstić information content (AvgIpc) is 3.12. The molecule has 0 N–H and O–H groups in total. The summed E-state index contributed by atoms with van der Waals surface area (Å²) in [5, 5.41) is -0.195. The van der Waals surface area contributed by atoms with Gasteiger partial charge in [0.05, 0.1) is 17.1 Å². The van der Waals surface area contributed by atoms with Crippen LogP contribution in [0.4, 0.5) is 0 Å². The van der Waals surface area contributed by atoms with Gasteiger partial charge in [0.25, 0.3) is 0 Å². The van der Waals surface area contributed by atoms with E-state index in [0.29, 0.717) is 13.0 Å². The summed E-state index contributed by atoms with van der Waals surface area (Å²) < 4.78 is 2.04. The fourth-order valence-electron chi connectivity index (χ4n) is 2.87. The Kier molecular flexibility index (Phi) is 4.10. The van der Waals surface area contributed by atoms with E-state index >= 15 is 0 Å². The number of carbonyl (C=O) groups excluding carboxylic acids is 1. The van der Waals surface area contributed by atoms with E-state index in [-0.39, 0.29) is 11.3 Å². The molecule has 1 aliphatic heterocycles. The number of imidazole rings is 1. The summed E-state index contributed by atoms with van der Waals surface area (Å²) in [6.45, 7) is 4.30. The molecule has 2 aromatic rings. The van der Waals surface area contributed by atoms with Crippen LogP contribution < -0.4 is 0 Å². The summed E-state index contributed by atoms with van der Waals surface area (Å²) in [6.07, 6.45) is 6.21. The molecule has 0 bridgehead atoms. The van der Waals surface area contributed by atoms with Crippen LogP contribution in [-0.2, 0) is 11.3 Å². The van der Waals surface area contributed by atoms with Crippen molar-refractivity contribution < 1.29 is 4.79 Å². The highest BCUT2D eigenvalue weighted by molar-refractivity contribution is 6.20. The molecule has 1 atom stereocenters. The second kappa shape index (κ2) is 6.02. The zero-order chi connectivity index (χ0) is 14.8. The monoisotopic (exact) mass is 306 g/mol. The zero-order valence-electron chi connectivity index (χ0n) is 12.1. The van der Waals surface area contributed by atoms with Crippen molar-refractivity contribution in [3.05, 3.63) is 24.3 Å². The molecule has 1 fully saturated rings. The molecule has 21 heavy (non-hydrogen) atoms. The van der Waals surface area contributed by atoms with E-state index in [1.807, 2.05) is 22.5 Å². The molecule has 3 heterocycles. The maximum absolute atomic E-state index is 12.2. The normalized spacial score (nSPS) is 16.6. The van der Waals surface area contributed by atoms with Crippen LogP contribution in [0.5, 0.6) is 0 Å². The predicted molar refractivity (Wildman–Crippen MR) is 82.2 cm³/mol. The molecular weight excluding hydrogens is 288 g/mol. The van der Waals surface area contributed by atoms with Gasteiger partial charge in [0, 0.05) is 32.3 Å². The minimum atomic E-state index is -0.195. The number of fused-ring (bicyclic) bond motifs is 1. The van der Waals surface area contributed by atoms with Gasteiger partial charge in [0.2, 0.25) is 5.91 Å². The Balaban J connectivity index is 1.81. The fourth-order valence-corrected chi connectivity index (χ4v) is 3.04. The van der Waals surface area contributed by atoms with Gasteiger partial charge in [-0.15, -0.1) is 11.6 Å². The fraction of sp³-hybridized carbons (Fsp3) is 0.533. The third-order valence-corrected chi connectivity index (χ3v) is 4.14. The van der Waals surface area contributed by atoms with E-state index in [1.54, 1.807) is 12.4 Å². The SMILES string of the molecule is CC(Cl)c1nc2cnccc2n1CCC(=O)N1CCCC1. The number of alkyl halides is 1. The number of rotatable bonds is 4. The van der Waals surface area contributed by atoms with Gasteiger partial charge in [-0.1, -0.05) is 0 Å². The first-order valence-corrected chi connectivity index (χ1v) is 7.82. The zero-order valence-corrected chi connectivity index (χ0v) is 12.9. The summed E-state index contributed by atoms with van der Waals surface area (Å²) in [6, 6.07) is 1.92. The van der Waals surface area contributed by atoms with Gasteiger partial charge in [-0.2, -0.15) is 0 Å². The number of likely N-dealkylation sites (tertiary alicyclic amines) is 1. The molecule has 0 radical (unpaired) electrons. The molecule has 5 nitrogen and oxygen atoms in total. The van der Waals surface area contributed by atoms with Crippen molar-refractivity contribution in [1.82, 2.24) is 19.4 Å². The molecule has 0 saturated carbocycles. The van der Waals surface area contributed by atoms with Crippen LogP contribution in [-0.4, -0.2) is 38.4 Å². The minimum absolute atomic E-state index is 0.195. The Morgan fingerprint density at radius 2 is 2.19 bits per heavy atom. The predicted octanol–water partition coefficient (Wildman–Crippen LogP) is 2.74. The number of hydrogen-bond donors (Lipinski definition) is 0. The van der Waals surface area contributed by atoms with Crippen LogP contribution in [0.1, 0.15) is 37.4 Å². The Morgan fingerprint density at radius 1 is 1.43 bits per heavy atom. The molecule has 6 heteroatoms. The number of pyridine rings is 1. The first-order valence-electron chi connectivity index (χ1n) is 7.39. The number of amides is 1. The van der Waals surface area contributed by atoms with Crippen molar-refractivity contribution in [2.75, 3.05) is 13.1 Å². The molecule has 1 aliphatic rings. The minimum Gasteiger partial charge on any atom is -0.343 e. The number of nitrogens with zero attached hydrogens (tertiary/aromatic N) is 4. The van der Waals surface area contributed by atoms with Crippen molar-refractivity contribution in [3.8, 4) is 0 Å². The number of carbonyl (C=O) groups is 1. The summed E-state index contributed by atoms with van der Waals surface area (Å²) in [5.41, 5.74) is 1.82. The van der Waals surface area contributed by atoms with Crippen LogP contribution in [0, 0.1) is 0 Å². The van der Waals surface area contributed by atoms with E-state index in [0.717, 1.165) is 42.8 Å². The van der Waals surface area contributed by atoms with E-state index in [2.05, 4.69) is 9.97 Å². The van der Waals surface area contributed by atoms with Crippen LogP contribution in [0.3, 0.4) is 0 Å². The highest BCUT2D eigenvalue weighted by Crippen LogP contribution is 2.24. The van der Waals surface area contributed by atoms with Gasteiger partial charge in [-0.3, -0.25) is 9.78 Å². The van der Waals surface area contributed by atoms with Crippen molar-refractivity contribution in [2.45, 2.75) is 38.1 Å². The van der Waals surface area contributed by atoms with Crippen molar-refractivity contribution in [3.63, 3.8) is 0 Å². The molecular formula is C15H19ClN4O. The number of halogens is 1. The second-order valence-electron chi connectivity index (χ2n) is 5.44. The second-order valence-corrected chi connectivity index (χ2v) is 6.09. The van der Waals surface area contributed by atoms with E-state index in [9.17, 15) is 4.79 Å². The van der Waals surface area contributed by atoms with E-state index < -0.39 is 0 Å². The Bertz CT molecular complexity index is 646. The third kappa shape index (κ3) is 2.88. The first-order chi connectivity index (χ1) is 10.2. The topological polar surface area (TPSA) is 51.0 Å². The molecule has 1 unspecified atom stereocenters. The summed E-state index contributed by atoms with van der Waals surface area (Å²) in [5.74, 6) is 1.02. The van der Waals surface area contributed by atoms with Gasteiger partial charge in [-0.05, 0) is 25.8 Å².